The second kappa shape index (κ2) is 5.88. The molecule has 0 aliphatic heterocycles. The molecule has 0 bridgehead atoms. The van der Waals surface area contributed by atoms with Crippen LogP contribution >= 0.6 is 23.6 Å². The number of thiocarbonyl (C=S) groups is 1. The smallest absolute Gasteiger partial charge is 0.166 e. The van der Waals surface area contributed by atoms with E-state index in [0.717, 1.165) is 24.6 Å². The van der Waals surface area contributed by atoms with Gasteiger partial charge in [0.15, 0.2) is 5.11 Å². The van der Waals surface area contributed by atoms with Crippen LogP contribution in [0.25, 0.3) is 0 Å². The summed E-state index contributed by atoms with van der Waals surface area (Å²) in [4.78, 5) is 5.17. The second-order valence-corrected chi connectivity index (χ2v) is 3.96. The first-order valence-electron chi connectivity index (χ1n) is 4.22. The van der Waals surface area contributed by atoms with Crippen LogP contribution in [0.2, 0.25) is 0 Å². The van der Waals surface area contributed by atoms with E-state index in [4.69, 9.17) is 12.2 Å². The molecule has 0 aromatic carbocycles. The average molecular weight is 215 g/mol. The van der Waals surface area contributed by atoms with Gasteiger partial charge < -0.3 is 10.6 Å². The van der Waals surface area contributed by atoms with E-state index in [2.05, 4.69) is 22.5 Å². The lowest BCUT2D eigenvalue weighted by Gasteiger charge is -2.07. The molecule has 0 fully saturated rings. The van der Waals surface area contributed by atoms with Gasteiger partial charge in [-0.25, -0.2) is 0 Å². The summed E-state index contributed by atoms with van der Waals surface area (Å²) in [6.45, 7) is 3.80. The Balaban J connectivity index is 2.15. The van der Waals surface area contributed by atoms with Gasteiger partial charge in [0.25, 0.3) is 0 Å². The van der Waals surface area contributed by atoms with Crippen LogP contribution in [0.15, 0.2) is 11.7 Å². The van der Waals surface area contributed by atoms with Crippen LogP contribution in [-0.4, -0.2) is 16.6 Å². The lowest BCUT2D eigenvalue weighted by Crippen LogP contribution is -2.34. The van der Waals surface area contributed by atoms with Crippen molar-refractivity contribution in [3.63, 3.8) is 0 Å². The minimum Gasteiger partial charge on any atom is -0.363 e. The van der Waals surface area contributed by atoms with Crippen molar-refractivity contribution in [2.45, 2.75) is 19.9 Å². The number of nitrogens with one attached hydrogen (secondary N) is 2. The lowest BCUT2D eigenvalue weighted by molar-refractivity contribution is 0.803. The fourth-order valence-corrected chi connectivity index (χ4v) is 1.51. The minimum atomic E-state index is 0.718. The van der Waals surface area contributed by atoms with Gasteiger partial charge in [-0.2, -0.15) is 0 Å². The monoisotopic (exact) mass is 215 g/mol. The molecule has 0 aliphatic rings. The minimum absolute atomic E-state index is 0.718. The summed E-state index contributed by atoms with van der Waals surface area (Å²) in [5, 5.41) is 6.93. The number of nitrogens with zero attached hydrogens (tertiary/aromatic N) is 1. The Bertz CT molecular complexity index is 246. The SMILES string of the molecule is CCCNC(=S)NCc1cncs1. The Morgan fingerprint density at radius 3 is 3.08 bits per heavy atom. The summed E-state index contributed by atoms with van der Waals surface area (Å²) in [5.74, 6) is 0. The van der Waals surface area contributed by atoms with E-state index in [-0.39, 0.29) is 0 Å². The quantitative estimate of drug-likeness (QED) is 0.747. The van der Waals surface area contributed by atoms with Crippen molar-refractivity contribution in [2.24, 2.45) is 0 Å². The van der Waals surface area contributed by atoms with E-state index in [1.807, 2.05) is 11.7 Å². The number of rotatable bonds is 4. The van der Waals surface area contributed by atoms with Gasteiger partial charge in [0.2, 0.25) is 0 Å². The molecular weight excluding hydrogens is 202 g/mol. The van der Waals surface area contributed by atoms with E-state index in [0.29, 0.717) is 0 Å². The summed E-state index contributed by atoms with van der Waals surface area (Å²) >= 11 is 6.68. The predicted molar refractivity (Wildman–Crippen MR) is 59.8 cm³/mol. The molecule has 0 saturated heterocycles. The van der Waals surface area contributed by atoms with Gasteiger partial charge in [-0.15, -0.1) is 11.3 Å². The number of aromatic nitrogens is 1. The Morgan fingerprint density at radius 1 is 1.62 bits per heavy atom. The highest BCUT2D eigenvalue weighted by molar-refractivity contribution is 7.80. The van der Waals surface area contributed by atoms with Gasteiger partial charge in [0, 0.05) is 17.6 Å². The fourth-order valence-electron chi connectivity index (χ4n) is 0.798. The Morgan fingerprint density at radius 2 is 2.46 bits per heavy atom. The third-order valence-corrected chi connectivity index (χ3v) is 2.51. The molecule has 0 saturated carbocycles. The summed E-state index contributed by atoms with van der Waals surface area (Å²) in [7, 11) is 0. The van der Waals surface area contributed by atoms with Crippen molar-refractivity contribution in [3.05, 3.63) is 16.6 Å². The Hall–Kier alpha value is -0.680. The van der Waals surface area contributed by atoms with Crippen molar-refractivity contribution in [1.29, 1.82) is 0 Å². The number of hydrogen-bond acceptors (Lipinski definition) is 3. The van der Waals surface area contributed by atoms with E-state index in [1.165, 1.54) is 4.88 Å². The van der Waals surface area contributed by atoms with Crippen molar-refractivity contribution in [3.8, 4) is 0 Å². The van der Waals surface area contributed by atoms with Gasteiger partial charge >= 0.3 is 0 Å². The molecule has 1 rings (SSSR count). The summed E-state index contributed by atoms with van der Waals surface area (Å²) in [6, 6.07) is 0. The van der Waals surface area contributed by atoms with Crippen LogP contribution in [0.1, 0.15) is 18.2 Å². The molecule has 3 nitrogen and oxygen atoms in total. The highest BCUT2D eigenvalue weighted by Gasteiger charge is 1.95. The molecule has 5 heteroatoms. The molecule has 1 heterocycles. The van der Waals surface area contributed by atoms with E-state index in [9.17, 15) is 0 Å². The molecule has 1 aromatic heterocycles. The molecule has 13 heavy (non-hydrogen) atoms. The van der Waals surface area contributed by atoms with Crippen LogP contribution in [-0.2, 0) is 6.54 Å². The third-order valence-electron chi connectivity index (χ3n) is 1.44. The topological polar surface area (TPSA) is 37.0 Å². The normalized spacial score (nSPS) is 9.62. The zero-order valence-corrected chi connectivity index (χ0v) is 9.17. The molecule has 0 aliphatic carbocycles. The first-order valence-corrected chi connectivity index (χ1v) is 5.50. The van der Waals surface area contributed by atoms with Crippen LogP contribution < -0.4 is 10.6 Å². The van der Waals surface area contributed by atoms with Crippen molar-refractivity contribution in [2.75, 3.05) is 6.54 Å². The molecule has 1 aromatic rings. The summed E-state index contributed by atoms with van der Waals surface area (Å²) < 4.78 is 0. The molecule has 0 unspecified atom stereocenters. The standard InChI is InChI=1S/C8H13N3S2/c1-2-3-10-8(12)11-5-7-4-9-6-13-7/h4,6H,2-3,5H2,1H3,(H2,10,11,12). The average Bonchev–Trinajstić information content (AvgIpc) is 2.64. The maximum atomic E-state index is 5.05. The molecule has 0 spiro atoms. The Labute approximate surface area is 87.6 Å². The largest absolute Gasteiger partial charge is 0.363 e. The lowest BCUT2D eigenvalue weighted by atomic mass is 10.5. The van der Waals surface area contributed by atoms with Crippen molar-refractivity contribution >= 4 is 28.7 Å². The zero-order valence-electron chi connectivity index (χ0n) is 7.54. The van der Waals surface area contributed by atoms with E-state index in [1.54, 1.807) is 11.3 Å². The highest BCUT2D eigenvalue weighted by Crippen LogP contribution is 2.03. The fraction of sp³-hybridized carbons (Fsp3) is 0.500. The van der Waals surface area contributed by atoms with Crippen LogP contribution in [0.5, 0.6) is 0 Å². The maximum absolute atomic E-state index is 5.05. The Kier molecular flexibility index (Phi) is 4.70. The van der Waals surface area contributed by atoms with E-state index < -0.39 is 0 Å². The second-order valence-electron chi connectivity index (χ2n) is 2.58. The zero-order chi connectivity index (χ0) is 9.52. The van der Waals surface area contributed by atoms with Gasteiger partial charge in [0.05, 0.1) is 12.1 Å². The van der Waals surface area contributed by atoms with Crippen molar-refractivity contribution < 1.29 is 0 Å². The first-order chi connectivity index (χ1) is 6.33. The van der Waals surface area contributed by atoms with Crippen LogP contribution in [0.3, 0.4) is 0 Å². The molecule has 0 radical (unpaired) electrons. The molecule has 2 N–H and O–H groups in total. The van der Waals surface area contributed by atoms with Crippen molar-refractivity contribution in [1.82, 2.24) is 15.6 Å². The van der Waals surface area contributed by atoms with Crippen LogP contribution in [0, 0.1) is 0 Å². The molecule has 0 amide bonds. The molecule has 72 valence electrons. The van der Waals surface area contributed by atoms with E-state index >= 15 is 0 Å². The summed E-state index contributed by atoms with van der Waals surface area (Å²) in [5.41, 5.74) is 1.82. The number of hydrogen-bond donors (Lipinski definition) is 2. The van der Waals surface area contributed by atoms with Crippen LogP contribution in [0.4, 0.5) is 0 Å². The predicted octanol–water partition coefficient (Wildman–Crippen LogP) is 1.52. The molecular formula is C8H13N3S2. The van der Waals surface area contributed by atoms with Gasteiger partial charge in [-0.3, -0.25) is 4.98 Å². The van der Waals surface area contributed by atoms with Gasteiger partial charge in [-0.05, 0) is 18.6 Å². The maximum Gasteiger partial charge on any atom is 0.166 e. The summed E-state index contributed by atoms with van der Waals surface area (Å²) in [6.07, 6.45) is 2.93. The first kappa shape index (κ1) is 10.4. The molecule has 0 atom stereocenters. The van der Waals surface area contributed by atoms with Gasteiger partial charge in [0.1, 0.15) is 0 Å². The highest BCUT2D eigenvalue weighted by atomic mass is 32.1. The third kappa shape index (κ3) is 4.19. The number of thiazole rings is 1. The van der Waals surface area contributed by atoms with Gasteiger partial charge in [-0.1, -0.05) is 6.92 Å².